The van der Waals surface area contributed by atoms with Crippen molar-refractivity contribution in [2.75, 3.05) is 13.1 Å². The molecule has 2 aromatic rings. The van der Waals surface area contributed by atoms with Crippen LogP contribution < -0.4 is 10.6 Å². The number of carbonyl (C=O) groups excluding carboxylic acids is 1. The van der Waals surface area contributed by atoms with Crippen molar-refractivity contribution in [3.63, 3.8) is 0 Å². The minimum atomic E-state index is -0.00791. The molecule has 0 saturated carbocycles. The molecule has 1 aliphatic heterocycles. The molecule has 1 amide bonds. The van der Waals surface area contributed by atoms with Gasteiger partial charge in [-0.15, -0.1) is 24.8 Å². The van der Waals surface area contributed by atoms with E-state index in [1.807, 2.05) is 42.8 Å². The van der Waals surface area contributed by atoms with Crippen molar-refractivity contribution in [3.05, 3.63) is 48.5 Å². The Morgan fingerprint density at radius 3 is 2.67 bits per heavy atom. The lowest BCUT2D eigenvalue weighted by Crippen LogP contribution is -2.49. The average Bonchev–Trinajstić information content (AvgIpc) is 2.99. The van der Waals surface area contributed by atoms with E-state index in [1.165, 1.54) is 0 Å². The maximum absolute atomic E-state index is 12.3. The molecule has 0 spiro atoms. The minimum absolute atomic E-state index is 0. The molecule has 2 heterocycles. The molecule has 1 aliphatic rings. The van der Waals surface area contributed by atoms with Gasteiger partial charge in [-0.25, -0.2) is 4.98 Å². The van der Waals surface area contributed by atoms with E-state index >= 15 is 0 Å². The van der Waals surface area contributed by atoms with Crippen molar-refractivity contribution in [1.82, 2.24) is 20.2 Å². The van der Waals surface area contributed by atoms with E-state index in [4.69, 9.17) is 0 Å². The zero-order valence-corrected chi connectivity index (χ0v) is 15.4. The first-order valence-corrected chi connectivity index (χ1v) is 7.74. The smallest absolute Gasteiger partial charge is 0.223 e. The molecule has 5 nitrogen and oxygen atoms in total. The molecule has 1 aromatic carbocycles. The summed E-state index contributed by atoms with van der Waals surface area (Å²) in [7, 11) is 0. The number of nitrogens with one attached hydrogen (secondary N) is 2. The molecule has 2 N–H and O–H groups in total. The predicted molar refractivity (Wildman–Crippen MR) is 100 cm³/mol. The van der Waals surface area contributed by atoms with E-state index in [1.54, 1.807) is 12.5 Å². The maximum Gasteiger partial charge on any atom is 0.223 e. The topological polar surface area (TPSA) is 59.0 Å². The molecule has 0 bridgehead atoms. The summed E-state index contributed by atoms with van der Waals surface area (Å²) < 4.78 is 1.96. The van der Waals surface area contributed by atoms with Crippen LogP contribution in [0, 0.1) is 11.8 Å². The first kappa shape index (κ1) is 20.5. The molecule has 0 radical (unpaired) electrons. The SMILES string of the molecule is CC(NC(=O)C(C)C1CNC1)c1cccc(-n2ccnc2)c1.Cl.Cl. The van der Waals surface area contributed by atoms with Gasteiger partial charge in [0.2, 0.25) is 5.91 Å². The van der Waals surface area contributed by atoms with Crippen LogP contribution in [-0.4, -0.2) is 28.5 Å². The Labute approximate surface area is 155 Å². The second kappa shape index (κ2) is 9.06. The van der Waals surface area contributed by atoms with E-state index in [9.17, 15) is 4.79 Å². The Morgan fingerprint density at radius 1 is 1.33 bits per heavy atom. The molecule has 7 heteroatoms. The molecular formula is C17H24Cl2N4O. The number of benzene rings is 1. The molecule has 1 saturated heterocycles. The van der Waals surface area contributed by atoms with Crippen LogP contribution in [-0.2, 0) is 4.79 Å². The largest absolute Gasteiger partial charge is 0.349 e. The van der Waals surface area contributed by atoms with Gasteiger partial charge in [-0.2, -0.15) is 0 Å². The summed E-state index contributed by atoms with van der Waals surface area (Å²) in [6, 6.07) is 8.16. The number of carbonyl (C=O) groups is 1. The third kappa shape index (κ3) is 4.50. The van der Waals surface area contributed by atoms with Crippen molar-refractivity contribution >= 4 is 30.7 Å². The molecule has 0 aliphatic carbocycles. The minimum Gasteiger partial charge on any atom is -0.349 e. The number of aromatic nitrogens is 2. The van der Waals surface area contributed by atoms with Crippen LogP contribution in [0.3, 0.4) is 0 Å². The van der Waals surface area contributed by atoms with Crippen LogP contribution in [0.4, 0.5) is 0 Å². The van der Waals surface area contributed by atoms with Gasteiger partial charge in [-0.3, -0.25) is 4.79 Å². The Bertz CT molecular complexity index is 644. The first-order valence-electron chi connectivity index (χ1n) is 7.74. The van der Waals surface area contributed by atoms with Crippen molar-refractivity contribution in [2.24, 2.45) is 11.8 Å². The van der Waals surface area contributed by atoms with Gasteiger partial charge in [-0.1, -0.05) is 19.1 Å². The van der Waals surface area contributed by atoms with Crippen LogP contribution in [0.15, 0.2) is 43.0 Å². The lowest BCUT2D eigenvalue weighted by atomic mass is 9.88. The van der Waals surface area contributed by atoms with Crippen LogP contribution in [0.5, 0.6) is 0 Å². The third-order valence-corrected chi connectivity index (χ3v) is 4.47. The van der Waals surface area contributed by atoms with E-state index in [2.05, 4.69) is 21.7 Å². The second-order valence-electron chi connectivity index (χ2n) is 6.00. The molecule has 2 atom stereocenters. The van der Waals surface area contributed by atoms with Gasteiger partial charge in [0, 0.05) is 24.0 Å². The molecule has 2 unspecified atom stereocenters. The number of rotatable bonds is 5. The summed E-state index contributed by atoms with van der Waals surface area (Å²) in [6.45, 7) is 5.92. The Kier molecular flexibility index (Phi) is 7.73. The fourth-order valence-corrected chi connectivity index (χ4v) is 2.67. The van der Waals surface area contributed by atoms with Crippen molar-refractivity contribution in [2.45, 2.75) is 19.9 Å². The lowest BCUT2D eigenvalue weighted by Gasteiger charge is -2.32. The molecule has 3 rings (SSSR count). The highest BCUT2D eigenvalue weighted by Gasteiger charge is 2.29. The van der Waals surface area contributed by atoms with E-state index < -0.39 is 0 Å². The van der Waals surface area contributed by atoms with Crippen LogP contribution in [0.1, 0.15) is 25.5 Å². The maximum atomic E-state index is 12.3. The fourth-order valence-electron chi connectivity index (χ4n) is 2.67. The highest BCUT2D eigenvalue weighted by Crippen LogP contribution is 2.20. The van der Waals surface area contributed by atoms with Gasteiger partial charge in [0.15, 0.2) is 0 Å². The van der Waals surface area contributed by atoms with Crippen molar-refractivity contribution < 1.29 is 4.79 Å². The second-order valence-corrected chi connectivity index (χ2v) is 6.00. The zero-order chi connectivity index (χ0) is 15.5. The number of nitrogens with zero attached hydrogens (tertiary/aromatic N) is 2. The zero-order valence-electron chi connectivity index (χ0n) is 13.8. The van der Waals surface area contributed by atoms with Crippen molar-refractivity contribution in [3.8, 4) is 5.69 Å². The van der Waals surface area contributed by atoms with E-state index in [0.717, 1.165) is 24.3 Å². The van der Waals surface area contributed by atoms with Gasteiger partial charge in [0.05, 0.1) is 12.4 Å². The van der Waals surface area contributed by atoms with Gasteiger partial charge < -0.3 is 15.2 Å². The highest BCUT2D eigenvalue weighted by atomic mass is 35.5. The number of halogens is 2. The Morgan fingerprint density at radius 2 is 2.08 bits per heavy atom. The van der Waals surface area contributed by atoms with Crippen LogP contribution >= 0.6 is 24.8 Å². The van der Waals surface area contributed by atoms with E-state index in [0.29, 0.717) is 5.92 Å². The fraction of sp³-hybridized carbons (Fsp3) is 0.412. The summed E-state index contributed by atoms with van der Waals surface area (Å²) in [5.74, 6) is 0.650. The van der Waals surface area contributed by atoms with Crippen LogP contribution in [0.2, 0.25) is 0 Å². The quantitative estimate of drug-likeness (QED) is 0.850. The van der Waals surface area contributed by atoms with Crippen LogP contribution in [0.25, 0.3) is 5.69 Å². The molecule has 24 heavy (non-hydrogen) atoms. The monoisotopic (exact) mass is 370 g/mol. The average molecular weight is 371 g/mol. The van der Waals surface area contributed by atoms with Gasteiger partial charge >= 0.3 is 0 Å². The number of imidazole rings is 1. The summed E-state index contributed by atoms with van der Waals surface area (Å²) >= 11 is 0. The predicted octanol–water partition coefficient (Wildman–Crippen LogP) is 2.75. The summed E-state index contributed by atoms with van der Waals surface area (Å²) in [5, 5.41) is 6.34. The molecular weight excluding hydrogens is 347 g/mol. The summed E-state index contributed by atoms with van der Waals surface area (Å²) in [6.07, 6.45) is 5.44. The van der Waals surface area contributed by atoms with Gasteiger partial charge in [0.1, 0.15) is 0 Å². The summed E-state index contributed by atoms with van der Waals surface area (Å²) in [5.41, 5.74) is 2.14. The molecule has 132 valence electrons. The normalized spacial score (nSPS) is 16.1. The Balaban J connectivity index is 0.00000144. The number of hydrogen-bond donors (Lipinski definition) is 2. The molecule has 1 fully saturated rings. The summed E-state index contributed by atoms with van der Waals surface area (Å²) in [4.78, 5) is 16.4. The Hall–Kier alpha value is -1.56. The number of hydrogen-bond acceptors (Lipinski definition) is 3. The highest BCUT2D eigenvalue weighted by molar-refractivity contribution is 5.85. The molecule has 1 aromatic heterocycles. The van der Waals surface area contributed by atoms with E-state index in [-0.39, 0.29) is 42.7 Å². The number of amides is 1. The first-order chi connectivity index (χ1) is 10.6. The van der Waals surface area contributed by atoms with Gasteiger partial charge in [0.25, 0.3) is 0 Å². The lowest BCUT2D eigenvalue weighted by molar-refractivity contribution is -0.127. The van der Waals surface area contributed by atoms with Crippen molar-refractivity contribution in [1.29, 1.82) is 0 Å². The third-order valence-electron chi connectivity index (χ3n) is 4.47. The standard InChI is InChI=1S/C17H22N4O.2ClH/c1-12(15-9-19-10-15)17(22)20-13(2)14-4-3-5-16(8-14)21-7-6-18-11-21;;/h3-8,11-13,15,19H,9-10H2,1-2H3,(H,20,22);2*1H. The van der Waals surface area contributed by atoms with Gasteiger partial charge in [-0.05, 0) is 43.6 Å².